The number of nitrogens with one attached hydrogen (secondary N) is 1. The topological polar surface area (TPSA) is 99.5 Å². The van der Waals surface area contributed by atoms with Crippen molar-refractivity contribution in [1.82, 2.24) is 10.3 Å². The predicted octanol–water partition coefficient (Wildman–Crippen LogP) is 1.12. The number of aliphatic hydroxyl groups excluding tert-OH is 1. The molecule has 2 atom stereocenters. The molecule has 1 aliphatic carbocycles. The first-order chi connectivity index (χ1) is 9.49. The first-order valence-corrected chi connectivity index (χ1v) is 6.69. The molecule has 0 aromatic carbocycles. The number of carbonyl (C=O) groups excluding carboxylic acids is 1. The largest absolute Gasteiger partial charge is 0.478 e. The van der Waals surface area contributed by atoms with Crippen molar-refractivity contribution in [1.29, 1.82) is 0 Å². The van der Waals surface area contributed by atoms with Crippen molar-refractivity contribution in [2.75, 3.05) is 0 Å². The molecule has 0 bridgehead atoms. The summed E-state index contributed by atoms with van der Waals surface area (Å²) in [4.78, 5) is 27.0. The normalized spacial score (nSPS) is 22.3. The molecule has 1 heterocycles. The molecule has 1 aromatic rings. The van der Waals surface area contributed by atoms with E-state index >= 15 is 0 Å². The van der Waals surface area contributed by atoms with Crippen LogP contribution in [-0.4, -0.2) is 39.2 Å². The fraction of sp³-hybridized carbons (Fsp3) is 0.500. The Morgan fingerprint density at radius 1 is 1.30 bits per heavy atom. The van der Waals surface area contributed by atoms with E-state index in [4.69, 9.17) is 5.11 Å². The van der Waals surface area contributed by atoms with E-state index in [0.29, 0.717) is 12.1 Å². The van der Waals surface area contributed by atoms with Crippen LogP contribution in [0, 0.1) is 6.92 Å². The number of carboxylic acid groups (broad SMARTS) is 1. The van der Waals surface area contributed by atoms with E-state index in [9.17, 15) is 14.7 Å². The second-order valence-electron chi connectivity index (χ2n) is 5.07. The van der Waals surface area contributed by atoms with Gasteiger partial charge in [-0.05, 0) is 31.9 Å². The highest BCUT2D eigenvalue weighted by Gasteiger charge is 2.25. The van der Waals surface area contributed by atoms with Crippen LogP contribution in [0.1, 0.15) is 52.2 Å². The molecule has 6 nitrogen and oxygen atoms in total. The lowest BCUT2D eigenvalue weighted by molar-refractivity contribution is 0.0691. The van der Waals surface area contributed by atoms with E-state index in [0.717, 1.165) is 19.3 Å². The van der Waals surface area contributed by atoms with Gasteiger partial charge in [-0.1, -0.05) is 12.8 Å². The number of hydrogen-bond donors (Lipinski definition) is 3. The predicted molar refractivity (Wildman–Crippen MR) is 71.7 cm³/mol. The summed E-state index contributed by atoms with van der Waals surface area (Å²) in [6, 6.07) is 2.51. The van der Waals surface area contributed by atoms with E-state index in [1.165, 1.54) is 12.1 Å². The molecule has 1 saturated carbocycles. The minimum Gasteiger partial charge on any atom is -0.478 e. The van der Waals surface area contributed by atoms with Crippen molar-refractivity contribution >= 4 is 11.9 Å². The van der Waals surface area contributed by atoms with Crippen molar-refractivity contribution in [3.05, 3.63) is 29.1 Å². The fourth-order valence-corrected chi connectivity index (χ4v) is 2.44. The SMILES string of the molecule is Cc1nc(C(=O)NC2CCCCC2O)ccc1C(=O)O. The maximum absolute atomic E-state index is 12.1. The van der Waals surface area contributed by atoms with Crippen molar-refractivity contribution in [2.24, 2.45) is 0 Å². The first-order valence-electron chi connectivity index (χ1n) is 6.69. The van der Waals surface area contributed by atoms with Crippen LogP contribution in [0.5, 0.6) is 0 Å². The standard InChI is InChI=1S/C14H18N2O4/c1-8-9(14(19)20)6-7-11(15-8)13(18)16-10-4-2-3-5-12(10)17/h6-7,10,12,17H,2-5H2,1H3,(H,16,18)(H,19,20). The zero-order valence-electron chi connectivity index (χ0n) is 11.3. The third-order valence-electron chi connectivity index (χ3n) is 3.59. The molecule has 1 amide bonds. The number of aliphatic hydroxyl groups is 1. The maximum Gasteiger partial charge on any atom is 0.337 e. The van der Waals surface area contributed by atoms with Gasteiger partial charge in [-0.2, -0.15) is 0 Å². The summed E-state index contributed by atoms with van der Waals surface area (Å²) in [5.74, 6) is -1.44. The number of carbonyl (C=O) groups is 2. The van der Waals surface area contributed by atoms with Gasteiger partial charge >= 0.3 is 5.97 Å². The number of hydrogen-bond acceptors (Lipinski definition) is 4. The summed E-state index contributed by atoms with van der Waals surface area (Å²) in [5.41, 5.74) is 0.555. The van der Waals surface area contributed by atoms with Gasteiger partial charge in [-0.3, -0.25) is 4.79 Å². The van der Waals surface area contributed by atoms with Gasteiger partial charge in [-0.25, -0.2) is 9.78 Å². The van der Waals surface area contributed by atoms with E-state index in [-0.39, 0.29) is 23.2 Å². The molecule has 2 rings (SSSR count). The monoisotopic (exact) mass is 278 g/mol. The van der Waals surface area contributed by atoms with Gasteiger partial charge in [-0.15, -0.1) is 0 Å². The summed E-state index contributed by atoms with van der Waals surface area (Å²) in [6.07, 6.45) is 2.87. The molecular formula is C14H18N2O4. The maximum atomic E-state index is 12.1. The Balaban J connectivity index is 2.09. The first kappa shape index (κ1) is 14.5. The van der Waals surface area contributed by atoms with Crippen LogP contribution in [0.15, 0.2) is 12.1 Å². The number of carboxylic acids is 1. The van der Waals surface area contributed by atoms with Crippen molar-refractivity contribution in [3.8, 4) is 0 Å². The van der Waals surface area contributed by atoms with Crippen molar-refractivity contribution in [3.63, 3.8) is 0 Å². The average Bonchev–Trinajstić information content (AvgIpc) is 2.40. The second-order valence-corrected chi connectivity index (χ2v) is 5.07. The van der Waals surface area contributed by atoms with Crippen LogP contribution in [0.3, 0.4) is 0 Å². The lowest BCUT2D eigenvalue weighted by atomic mass is 9.92. The molecular weight excluding hydrogens is 260 g/mol. The molecule has 0 saturated heterocycles. The number of amides is 1. The lowest BCUT2D eigenvalue weighted by Gasteiger charge is -2.28. The number of nitrogens with zero attached hydrogens (tertiary/aromatic N) is 1. The smallest absolute Gasteiger partial charge is 0.337 e. The van der Waals surface area contributed by atoms with Gasteiger partial charge in [0.25, 0.3) is 5.91 Å². The van der Waals surface area contributed by atoms with Crippen molar-refractivity contribution < 1.29 is 19.8 Å². The minimum atomic E-state index is -1.07. The molecule has 108 valence electrons. The minimum absolute atomic E-state index is 0.0826. The summed E-state index contributed by atoms with van der Waals surface area (Å²) in [6.45, 7) is 1.55. The highest BCUT2D eigenvalue weighted by molar-refractivity contribution is 5.94. The molecule has 6 heteroatoms. The molecule has 0 radical (unpaired) electrons. The van der Waals surface area contributed by atoms with Crippen LogP contribution in [0.25, 0.3) is 0 Å². The van der Waals surface area contributed by atoms with E-state index in [2.05, 4.69) is 10.3 Å². The van der Waals surface area contributed by atoms with Gasteiger partial charge in [0.1, 0.15) is 5.69 Å². The molecule has 1 fully saturated rings. The lowest BCUT2D eigenvalue weighted by Crippen LogP contribution is -2.45. The zero-order chi connectivity index (χ0) is 14.7. The number of aryl methyl sites for hydroxylation is 1. The molecule has 0 spiro atoms. The fourth-order valence-electron chi connectivity index (χ4n) is 2.44. The highest BCUT2D eigenvalue weighted by Crippen LogP contribution is 2.18. The highest BCUT2D eigenvalue weighted by atomic mass is 16.4. The zero-order valence-corrected chi connectivity index (χ0v) is 11.3. The number of aromatic carboxylic acids is 1. The van der Waals surface area contributed by atoms with Crippen molar-refractivity contribution in [2.45, 2.75) is 44.8 Å². The summed E-state index contributed by atoms with van der Waals surface area (Å²) < 4.78 is 0. The quantitative estimate of drug-likeness (QED) is 0.769. The molecule has 20 heavy (non-hydrogen) atoms. The molecule has 0 aliphatic heterocycles. The Morgan fingerprint density at radius 3 is 2.60 bits per heavy atom. The Hall–Kier alpha value is -1.95. The molecule has 3 N–H and O–H groups in total. The third-order valence-corrected chi connectivity index (χ3v) is 3.59. The summed E-state index contributed by atoms with van der Waals surface area (Å²) in [7, 11) is 0. The summed E-state index contributed by atoms with van der Waals surface area (Å²) in [5, 5.41) is 21.5. The van der Waals surface area contributed by atoms with Gasteiger partial charge in [0.2, 0.25) is 0 Å². The van der Waals surface area contributed by atoms with Gasteiger partial charge in [0, 0.05) is 0 Å². The van der Waals surface area contributed by atoms with Gasteiger partial charge < -0.3 is 15.5 Å². The van der Waals surface area contributed by atoms with Crippen LogP contribution < -0.4 is 5.32 Å². The molecule has 2 unspecified atom stereocenters. The van der Waals surface area contributed by atoms with E-state index < -0.39 is 12.1 Å². The molecule has 1 aliphatic rings. The second kappa shape index (κ2) is 6.00. The Bertz CT molecular complexity index is 530. The summed E-state index contributed by atoms with van der Waals surface area (Å²) >= 11 is 0. The van der Waals surface area contributed by atoms with Crippen LogP contribution >= 0.6 is 0 Å². The number of pyridine rings is 1. The van der Waals surface area contributed by atoms with Crippen LogP contribution in [0.4, 0.5) is 0 Å². The number of aromatic nitrogens is 1. The van der Waals surface area contributed by atoms with Gasteiger partial charge in [0.15, 0.2) is 0 Å². The van der Waals surface area contributed by atoms with Gasteiger partial charge in [0.05, 0.1) is 23.4 Å². The number of rotatable bonds is 3. The molecule has 1 aromatic heterocycles. The average molecular weight is 278 g/mol. The van der Waals surface area contributed by atoms with Crippen LogP contribution in [-0.2, 0) is 0 Å². The van der Waals surface area contributed by atoms with Crippen LogP contribution in [0.2, 0.25) is 0 Å². The Morgan fingerprint density at radius 2 is 2.00 bits per heavy atom. The van der Waals surface area contributed by atoms with E-state index in [1.54, 1.807) is 6.92 Å². The Kier molecular flexibility index (Phi) is 4.34. The Labute approximate surface area is 116 Å². The van der Waals surface area contributed by atoms with E-state index in [1.807, 2.05) is 0 Å². The third kappa shape index (κ3) is 3.14.